The summed E-state index contributed by atoms with van der Waals surface area (Å²) in [6.07, 6.45) is 0.982. The molecule has 0 aliphatic carbocycles. The number of nitrogens with zero attached hydrogens (tertiary/aromatic N) is 2. The van der Waals surface area contributed by atoms with E-state index in [1.807, 2.05) is 40.3 Å². The number of nitrogens with two attached hydrogens (primary N) is 1. The Morgan fingerprint density at radius 2 is 1.89 bits per heavy atom. The van der Waals surface area contributed by atoms with Crippen LogP contribution in [0.5, 0.6) is 0 Å². The van der Waals surface area contributed by atoms with Crippen molar-refractivity contribution in [3.63, 3.8) is 0 Å². The van der Waals surface area contributed by atoms with E-state index in [1.165, 1.54) is 0 Å². The van der Waals surface area contributed by atoms with Crippen LogP contribution < -0.4 is 10.6 Å². The van der Waals surface area contributed by atoms with Crippen molar-refractivity contribution in [3.05, 3.63) is 29.3 Å². The lowest BCUT2D eigenvalue weighted by Crippen LogP contribution is -2.23. The molecule has 0 aliphatic heterocycles. The van der Waals surface area contributed by atoms with Crippen molar-refractivity contribution in [2.75, 3.05) is 33.1 Å². The van der Waals surface area contributed by atoms with E-state index in [0.717, 1.165) is 17.7 Å². The highest BCUT2D eigenvalue weighted by Gasteiger charge is 2.18. The van der Waals surface area contributed by atoms with Crippen LogP contribution in [0.2, 0.25) is 0 Å². The number of anilines is 1. The summed E-state index contributed by atoms with van der Waals surface area (Å²) in [6, 6.07) is 5.93. The van der Waals surface area contributed by atoms with Gasteiger partial charge < -0.3 is 15.5 Å². The van der Waals surface area contributed by atoms with Crippen LogP contribution in [0, 0.1) is 0 Å². The smallest absolute Gasteiger partial charge is 0.248 e. The van der Waals surface area contributed by atoms with Crippen LogP contribution in [0.1, 0.15) is 35.3 Å². The van der Waals surface area contributed by atoms with Gasteiger partial charge in [0.2, 0.25) is 5.91 Å². The first-order chi connectivity index (χ1) is 8.38. The number of carbonyl (C=O) groups excluding carboxylic acids is 1. The number of primary amides is 1. The van der Waals surface area contributed by atoms with Gasteiger partial charge in [-0.1, -0.05) is 6.92 Å². The molecular formula is C14H23N3O. The molecule has 0 fully saturated rings. The van der Waals surface area contributed by atoms with Crippen LogP contribution in [-0.4, -0.2) is 39.0 Å². The quantitative estimate of drug-likeness (QED) is 0.866. The fourth-order valence-electron chi connectivity index (χ4n) is 2.25. The zero-order chi connectivity index (χ0) is 13.9. The maximum Gasteiger partial charge on any atom is 0.248 e. The van der Waals surface area contributed by atoms with Gasteiger partial charge in [0.15, 0.2) is 0 Å². The Balaban J connectivity index is 3.34. The highest BCUT2D eigenvalue weighted by atomic mass is 16.1. The molecule has 0 heterocycles. The number of hydrogen-bond donors (Lipinski definition) is 1. The molecule has 18 heavy (non-hydrogen) atoms. The molecule has 4 nitrogen and oxygen atoms in total. The van der Waals surface area contributed by atoms with Crippen molar-refractivity contribution in [3.8, 4) is 0 Å². The van der Waals surface area contributed by atoms with Crippen LogP contribution in [0.15, 0.2) is 18.2 Å². The molecule has 1 amide bonds. The molecule has 100 valence electrons. The van der Waals surface area contributed by atoms with Gasteiger partial charge in [0.05, 0.1) is 0 Å². The highest BCUT2D eigenvalue weighted by molar-refractivity contribution is 5.93. The van der Waals surface area contributed by atoms with Gasteiger partial charge in [-0.25, -0.2) is 0 Å². The van der Waals surface area contributed by atoms with E-state index >= 15 is 0 Å². The molecule has 1 atom stereocenters. The van der Waals surface area contributed by atoms with E-state index < -0.39 is 0 Å². The molecule has 0 aliphatic rings. The molecule has 0 spiro atoms. The number of carbonyl (C=O) groups is 1. The third-order valence-electron chi connectivity index (χ3n) is 3.16. The molecule has 2 N–H and O–H groups in total. The molecule has 4 heteroatoms. The zero-order valence-corrected chi connectivity index (χ0v) is 11.9. The summed E-state index contributed by atoms with van der Waals surface area (Å²) in [5.41, 5.74) is 8.19. The van der Waals surface area contributed by atoms with Crippen molar-refractivity contribution in [2.45, 2.75) is 19.4 Å². The van der Waals surface area contributed by atoms with Gasteiger partial charge in [-0.3, -0.25) is 4.79 Å². The molecule has 0 saturated heterocycles. The monoisotopic (exact) mass is 249 g/mol. The fraction of sp³-hybridized carbons (Fsp3) is 0.500. The van der Waals surface area contributed by atoms with Crippen LogP contribution in [0.3, 0.4) is 0 Å². The minimum atomic E-state index is -0.379. The first-order valence-electron chi connectivity index (χ1n) is 6.16. The topological polar surface area (TPSA) is 49.6 Å². The summed E-state index contributed by atoms with van der Waals surface area (Å²) in [6.45, 7) is 2.14. The van der Waals surface area contributed by atoms with E-state index in [9.17, 15) is 4.79 Å². The van der Waals surface area contributed by atoms with Crippen molar-refractivity contribution in [2.24, 2.45) is 5.73 Å². The maximum absolute atomic E-state index is 11.3. The Hall–Kier alpha value is -1.55. The molecular weight excluding hydrogens is 226 g/mol. The average molecular weight is 249 g/mol. The number of hydrogen-bond acceptors (Lipinski definition) is 3. The molecule has 0 aromatic heterocycles. The van der Waals surface area contributed by atoms with Gasteiger partial charge in [-0.05, 0) is 44.3 Å². The summed E-state index contributed by atoms with van der Waals surface area (Å²) < 4.78 is 0. The Bertz CT molecular complexity index is 427. The Morgan fingerprint density at radius 3 is 2.28 bits per heavy atom. The summed E-state index contributed by atoms with van der Waals surface area (Å²) in [4.78, 5) is 15.5. The van der Waals surface area contributed by atoms with Gasteiger partial charge >= 0.3 is 0 Å². The lowest BCUT2D eigenvalue weighted by Gasteiger charge is -2.28. The Labute approximate surface area is 109 Å². The lowest BCUT2D eigenvalue weighted by atomic mass is 9.98. The standard InChI is InChI=1S/C14H23N3O/c1-6-12(16(2)3)11-9-10(14(15)18)7-8-13(11)17(4)5/h7-9,12H,6H2,1-5H3,(H2,15,18). The average Bonchev–Trinajstić information content (AvgIpc) is 2.28. The van der Waals surface area contributed by atoms with Gasteiger partial charge in [-0.15, -0.1) is 0 Å². The maximum atomic E-state index is 11.3. The van der Waals surface area contributed by atoms with E-state index in [4.69, 9.17) is 5.73 Å². The zero-order valence-electron chi connectivity index (χ0n) is 11.9. The third-order valence-corrected chi connectivity index (χ3v) is 3.16. The summed E-state index contributed by atoms with van der Waals surface area (Å²) >= 11 is 0. The summed E-state index contributed by atoms with van der Waals surface area (Å²) in [7, 11) is 8.10. The second-order valence-corrected chi connectivity index (χ2v) is 4.92. The molecule has 0 saturated carbocycles. The lowest BCUT2D eigenvalue weighted by molar-refractivity contribution is 0.1000. The van der Waals surface area contributed by atoms with E-state index in [-0.39, 0.29) is 11.9 Å². The second-order valence-electron chi connectivity index (χ2n) is 4.92. The normalized spacial score (nSPS) is 12.6. The number of amides is 1. The van der Waals surface area contributed by atoms with Crippen molar-refractivity contribution in [1.82, 2.24) is 4.90 Å². The van der Waals surface area contributed by atoms with Crippen LogP contribution in [0.25, 0.3) is 0 Å². The predicted molar refractivity (Wildman–Crippen MR) is 76.0 cm³/mol. The van der Waals surface area contributed by atoms with Gasteiger partial charge in [-0.2, -0.15) is 0 Å². The first-order valence-corrected chi connectivity index (χ1v) is 6.16. The largest absolute Gasteiger partial charge is 0.377 e. The molecule has 1 aromatic rings. The van der Waals surface area contributed by atoms with Crippen LogP contribution in [0.4, 0.5) is 5.69 Å². The second kappa shape index (κ2) is 5.87. The molecule has 1 rings (SSSR count). The number of benzene rings is 1. The fourth-order valence-corrected chi connectivity index (χ4v) is 2.25. The third kappa shape index (κ3) is 3.01. The molecule has 0 bridgehead atoms. The molecule has 0 radical (unpaired) electrons. The van der Waals surface area contributed by atoms with Crippen LogP contribution in [-0.2, 0) is 0 Å². The predicted octanol–water partition coefficient (Wildman–Crippen LogP) is 1.86. The number of rotatable bonds is 5. The highest BCUT2D eigenvalue weighted by Crippen LogP contribution is 2.31. The SMILES string of the molecule is CCC(c1cc(C(N)=O)ccc1N(C)C)N(C)C. The van der Waals surface area contributed by atoms with Crippen molar-refractivity contribution < 1.29 is 4.79 Å². The van der Waals surface area contributed by atoms with Crippen LogP contribution >= 0.6 is 0 Å². The van der Waals surface area contributed by atoms with Crippen molar-refractivity contribution in [1.29, 1.82) is 0 Å². The summed E-state index contributed by atoms with van der Waals surface area (Å²) in [5.74, 6) is -0.379. The Morgan fingerprint density at radius 1 is 1.28 bits per heavy atom. The van der Waals surface area contributed by atoms with Gasteiger partial charge in [0.25, 0.3) is 0 Å². The Kier molecular flexibility index (Phi) is 4.73. The molecule has 1 aromatic carbocycles. The molecule has 1 unspecified atom stereocenters. The summed E-state index contributed by atoms with van der Waals surface area (Å²) in [5, 5.41) is 0. The van der Waals surface area contributed by atoms with E-state index in [2.05, 4.69) is 16.7 Å². The minimum absolute atomic E-state index is 0.279. The van der Waals surface area contributed by atoms with Gasteiger partial charge in [0.1, 0.15) is 0 Å². The van der Waals surface area contributed by atoms with E-state index in [1.54, 1.807) is 6.07 Å². The van der Waals surface area contributed by atoms with Gasteiger partial charge in [0, 0.05) is 31.4 Å². The van der Waals surface area contributed by atoms with Crippen molar-refractivity contribution >= 4 is 11.6 Å². The minimum Gasteiger partial charge on any atom is -0.377 e. The first kappa shape index (κ1) is 14.5. The van der Waals surface area contributed by atoms with E-state index in [0.29, 0.717) is 5.56 Å².